The van der Waals surface area contributed by atoms with E-state index in [-0.39, 0.29) is 6.03 Å². The number of carbonyl (C=O) groups excluding carboxylic acids is 1. The zero-order valence-electron chi connectivity index (χ0n) is 15.2. The summed E-state index contributed by atoms with van der Waals surface area (Å²) < 4.78 is 16.9. The van der Waals surface area contributed by atoms with E-state index in [4.69, 9.17) is 14.2 Å². The molecule has 1 heterocycles. The number of urea groups is 1. The Labute approximate surface area is 159 Å². The van der Waals surface area contributed by atoms with Crippen LogP contribution in [0, 0.1) is 0 Å². The summed E-state index contributed by atoms with van der Waals surface area (Å²) in [5.41, 5.74) is 1.86. The van der Waals surface area contributed by atoms with E-state index >= 15 is 0 Å². The summed E-state index contributed by atoms with van der Waals surface area (Å²) in [6.07, 6.45) is 2.55. The van der Waals surface area contributed by atoms with Crippen molar-refractivity contribution in [2.24, 2.45) is 0 Å². The smallest absolute Gasteiger partial charge is 0.315 e. The summed E-state index contributed by atoms with van der Waals surface area (Å²) in [6.45, 7) is 6.14. The first-order valence-corrected chi connectivity index (χ1v) is 8.98. The summed E-state index contributed by atoms with van der Waals surface area (Å²) in [7, 11) is 0. The monoisotopic (exact) mass is 368 g/mol. The molecule has 2 amide bonds. The molecule has 6 nitrogen and oxygen atoms in total. The lowest BCUT2D eigenvalue weighted by Gasteiger charge is -2.12. The molecule has 3 rings (SSSR count). The molecule has 2 N–H and O–H groups in total. The third-order valence-electron chi connectivity index (χ3n) is 4.03. The van der Waals surface area contributed by atoms with Crippen LogP contribution in [0.2, 0.25) is 0 Å². The highest BCUT2D eigenvalue weighted by Crippen LogP contribution is 2.30. The van der Waals surface area contributed by atoms with E-state index < -0.39 is 0 Å². The average molecular weight is 368 g/mol. The molecule has 0 bridgehead atoms. The Balaban J connectivity index is 1.50. The van der Waals surface area contributed by atoms with Crippen LogP contribution in [-0.4, -0.2) is 25.9 Å². The van der Waals surface area contributed by atoms with Gasteiger partial charge in [-0.15, -0.1) is 0 Å². The predicted molar refractivity (Wildman–Crippen MR) is 103 cm³/mol. The fourth-order valence-corrected chi connectivity index (χ4v) is 2.68. The van der Waals surface area contributed by atoms with Gasteiger partial charge in [-0.05, 0) is 23.8 Å². The number of fused-ring (bicyclic) bond motifs is 1. The second-order valence-electron chi connectivity index (χ2n) is 6.08. The van der Waals surface area contributed by atoms with Crippen molar-refractivity contribution in [3.63, 3.8) is 0 Å². The Morgan fingerprint density at radius 3 is 2.70 bits per heavy atom. The minimum Gasteiger partial charge on any atom is -0.490 e. The lowest BCUT2D eigenvalue weighted by molar-refractivity contribution is 0.240. The number of rotatable bonds is 7. The number of hydrogen-bond acceptors (Lipinski definition) is 4. The zero-order chi connectivity index (χ0) is 18.9. The molecule has 0 saturated carbocycles. The van der Waals surface area contributed by atoms with Gasteiger partial charge in [0.15, 0.2) is 11.5 Å². The first-order chi connectivity index (χ1) is 13.3. The van der Waals surface area contributed by atoms with Gasteiger partial charge in [0.25, 0.3) is 0 Å². The summed E-state index contributed by atoms with van der Waals surface area (Å²) >= 11 is 0. The first kappa shape index (κ1) is 18.6. The van der Waals surface area contributed by atoms with Crippen LogP contribution in [0.25, 0.3) is 0 Å². The van der Waals surface area contributed by atoms with Crippen LogP contribution in [0.3, 0.4) is 0 Å². The maximum atomic E-state index is 12.1. The summed E-state index contributed by atoms with van der Waals surface area (Å²) in [5, 5.41) is 5.70. The number of nitrogens with one attached hydrogen (secondary N) is 2. The highest BCUT2D eigenvalue weighted by Gasteiger charge is 2.11. The Hall–Kier alpha value is -3.15. The highest BCUT2D eigenvalue weighted by atomic mass is 16.5. The molecule has 2 aromatic rings. The van der Waals surface area contributed by atoms with Crippen molar-refractivity contribution in [3.05, 3.63) is 66.2 Å². The molecular weight excluding hydrogens is 344 g/mol. The zero-order valence-corrected chi connectivity index (χ0v) is 15.2. The van der Waals surface area contributed by atoms with Crippen LogP contribution in [0.4, 0.5) is 4.79 Å². The molecule has 0 aliphatic carbocycles. The molecule has 0 spiro atoms. The molecule has 0 unspecified atom stereocenters. The normalized spacial score (nSPS) is 12.6. The van der Waals surface area contributed by atoms with E-state index in [1.807, 2.05) is 42.5 Å². The number of hydrogen-bond donors (Lipinski definition) is 2. The lowest BCUT2D eigenvalue weighted by atomic mass is 10.2. The number of amides is 2. The fourth-order valence-electron chi connectivity index (χ4n) is 2.68. The van der Waals surface area contributed by atoms with Gasteiger partial charge in [-0.3, -0.25) is 0 Å². The van der Waals surface area contributed by atoms with Crippen molar-refractivity contribution in [1.82, 2.24) is 10.6 Å². The largest absolute Gasteiger partial charge is 0.490 e. The summed E-state index contributed by atoms with van der Waals surface area (Å²) in [6, 6.07) is 13.0. The van der Waals surface area contributed by atoms with Crippen LogP contribution in [0.15, 0.2) is 55.1 Å². The minimum absolute atomic E-state index is 0.249. The second-order valence-corrected chi connectivity index (χ2v) is 6.08. The molecule has 0 fully saturated rings. The van der Waals surface area contributed by atoms with Gasteiger partial charge in [0.05, 0.1) is 13.2 Å². The van der Waals surface area contributed by atoms with Gasteiger partial charge in [0, 0.05) is 25.1 Å². The van der Waals surface area contributed by atoms with E-state index in [2.05, 4.69) is 17.2 Å². The highest BCUT2D eigenvalue weighted by molar-refractivity contribution is 5.74. The molecule has 2 aromatic carbocycles. The van der Waals surface area contributed by atoms with Crippen molar-refractivity contribution in [3.8, 4) is 17.2 Å². The molecule has 142 valence electrons. The van der Waals surface area contributed by atoms with Crippen LogP contribution < -0.4 is 24.8 Å². The molecule has 0 saturated heterocycles. The SMILES string of the molecule is C=CCOc1ccccc1CNC(=O)NCc1ccc2c(c1)OCCCO2. The Morgan fingerprint density at radius 2 is 1.85 bits per heavy atom. The van der Waals surface area contributed by atoms with Gasteiger partial charge < -0.3 is 24.8 Å². The molecule has 6 heteroatoms. The van der Waals surface area contributed by atoms with Gasteiger partial charge in [0.2, 0.25) is 0 Å². The maximum absolute atomic E-state index is 12.1. The Morgan fingerprint density at radius 1 is 1.07 bits per heavy atom. The molecule has 27 heavy (non-hydrogen) atoms. The molecule has 0 radical (unpaired) electrons. The fraction of sp³-hybridized carbons (Fsp3) is 0.286. The number of ether oxygens (including phenoxy) is 3. The van der Waals surface area contributed by atoms with Gasteiger partial charge >= 0.3 is 6.03 Å². The molecule has 0 atom stereocenters. The van der Waals surface area contributed by atoms with Crippen LogP contribution in [0.5, 0.6) is 17.2 Å². The number of carbonyl (C=O) groups is 1. The van der Waals surface area contributed by atoms with Crippen LogP contribution >= 0.6 is 0 Å². The molecule has 0 aromatic heterocycles. The summed E-state index contributed by atoms with van der Waals surface area (Å²) in [5.74, 6) is 2.21. The van der Waals surface area contributed by atoms with Crippen molar-refractivity contribution in [2.75, 3.05) is 19.8 Å². The third kappa shape index (κ3) is 5.41. The first-order valence-electron chi connectivity index (χ1n) is 8.98. The topological polar surface area (TPSA) is 68.8 Å². The summed E-state index contributed by atoms with van der Waals surface area (Å²) in [4.78, 5) is 12.1. The van der Waals surface area contributed by atoms with Gasteiger partial charge in [-0.2, -0.15) is 0 Å². The van der Waals surface area contributed by atoms with Gasteiger partial charge in [-0.25, -0.2) is 4.79 Å². The number of benzene rings is 2. The molecular formula is C21H24N2O4. The molecule has 1 aliphatic rings. The van der Waals surface area contributed by atoms with Crippen molar-refractivity contribution < 1.29 is 19.0 Å². The van der Waals surface area contributed by atoms with E-state index in [0.717, 1.165) is 34.8 Å². The van der Waals surface area contributed by atoms with E-state index in [0.29, 0.717) is 32.9 Å². The third-order valence-corrected chi connectivity index (χ3v) is 4.03. The average Bonchev–Trinajstić information content (AvgIpc) is 2.94. The van der Waals surface area contributed by atoms with Gasteiger partial charge in [-0.1, -0.05) is 36.9 Å². The predicted octanol–water partition coefficient (Wildman–Crippen LogP) is 3.41. The Kier molecular flexibility index (Phi) is 6.57. The van der Waals surface area contributed by atoms with Crippen molar-refractivity contribution >= 4 is 6.03 Å². The van der Waals surface area contributed by atoms with Crippen molar-refractivity contribution in [1.29, 1.82) is 0 Å². The van der Waals surface area contributed by atoms with Crippen molar-refractivity contribution in [2.45, 2.75) is 19.5 Å². The van der Waals surface area contributed by atoms with E-state index in [9.17, 15) is 4.79 Å². The maximum Gasteiger partial charge on any atom is 0.315 e. The number of para-hydroxylation sites is 1. The minimum atomic E-state index is -0.249. The van der Waals surface area contributed by atoms with Crippen LogP contribution in [-0.2, 0) is 13.1 Å². The quantitative estimate of drug-likeness (QED) is 0.735. The second kappa shape index (κ2) is 9.52. The van der Waals surface area contributed by atoms with E-state index in [1.165, 1.54) is 0 Å². The lowest BCUT2D eigenvalue weighted by Crippen LogP contribution is -2.34. The Bertz CT molecular complexity index is 792. The molecule has 1 aliphatic heterocycles. The standard InChI is InChI=1S/C21H24N2O4/c1-2-10-25-18-7-4-3-6-17(18)15-23-21(24)22-14-16-8-9-19-20(13-16)27-12-5-11-26-19/h2-4,6-9,13H,1,5,10-12,14-15H2,(H2,22,23,24). The van der Waals surface area contributed by atoms with Crippen LogP contribution in [0.1, 0.15) is 17.5 Å². The van der Waals surface area contributed by atoms with E-state index in [1.54, 1.807) is 6.08 Å². The van der Waals surface area contributed by atoms with Gasteiger partial charge in [0.1, 0.15) is 12.4 Å².